The average molecular weight is 278 g/mol. The van der Waals surface area contributed by atoms with Crippen molar-refractivity contribution < 1.29 is 4.74 Å². The lowest BCUT2D eigenvalue weighted by atomic mass is 10.2. The van der Waals surface area contributed by atoms with E-state index >= 15 is 0 Å². The Morgan fingerprint density at radius 3 is 2.47 bits per heavy atom. The molecule has 0 aliphatic rings. The van der Waals surface area contributed by atoms with Crippen molar-refractivity contribution in [2.45, 2.75) is 12.8 Å². The highest BCUT2D eigenvalue weighted by Crippen LogP contribution is 2.23. The molecule has 0 fully saturated rings. The topological polar surface area (TPSA) is 38.2 Å². The Hall–Kier alpha value is -1.81. The summed E-state index contributed by atoms with van der Waals surface area (Å²) in [4.78, 5) is 10.7. The number of nitrogens with zero attached hydrogens (tertiary/aromatic N) is 3. The Morgan fingerprint density at radius 1 is 1.26 bits per heavy atom. The van der Waals surface area contributed by atoms with Gasteiger partial charge in [0.25, 0.3) is 0 Å². The van der Waals surface area contributed by atoms with E-state index in [2.05, 4.69) is 9.97 Å². The Balaban J connectivity index is 2.27. The normalized spacial score (nSPS) is 10.3. The molecular formula is C14H16ClN3O. The minimum Gasteiger partial charge on any atom is -0.497 e. The minimum atomic E-state index is 0.429. The number of rotatable bonds is 4. The number of alkyl halides is 1. The second-order valence-electron chi connectivity index (χ2n) is 4.17. The molecule has 1 aromatic heterocycles. The third kappa shape index (κ3) is 2.96. The first-order valence-electron chi connectivity index (χ1n) is 5.92. The summed E-state index contributed by atoms with van der Waals surface area (Å²) in [7, 11) is 3.58. The summed E-state index contributed by atoms with van der Waals surface area (Å²) >= 11 is 5.81. The standard InChI is InChI=1S/C14H16ClN3O/c1-10-11(8-15)9-16-14(17-10)18(2)12-4-6-13(19-3)7-5-12/h4-7,9H,8H2,1-3H3. The summed E-state index contributed by atoms with van der Waals surface area (Å²) in [5, 5.41) is 0. The molecule has 5 heteroatoms. The molecule has 19 heavy (non-hydrogen) atoms. The van der Waals surface area contributed by atoms with E-state index in [9.17, 15) is 0 Å². The predicted octanol–water partition coefficient (Wildman–Crippen LogP) is 3.30. The van der Waals surface area contributed by atoms with Gasteiger partial charge in [-0.25, -0.2) is 9.97 Å². The van der Waals surface area contributed by atoms with Gasteiger partial charge >= 0.3 is 0 Å². The number of anilines is 2. The smallest absolute Gasteiger partial charge is 0.229 e. The van der Waals surface area contributed by atoms with Crippen LogP contribution in [0.25, 0.3) is 0 Å². The van der Waals surface area contributed by atoms with Crippen LogP contribution < -0.4 is 9.64 Å². The van der Waals surface area contributed by atoms with Crippen LogP contribution >= 0.6 is 11.6 Å². The Kier molecular flexibility index (Phi) is 4.22. The molecule has 0 radical (unpaired) electrons. The quantitative estimate of drug-likeness (QED) is 0.804. The molecular weight excluding hydrogens is 262 g/mol. The van der Waals surface area contributed by atoms with Gasteiger partial charge in [0.05, 0.1) is 13.0 Å². The fraction of sp³-hybridized carbons (Fsp3) is 0.286. The highest BCUT2D eigenvalue weighted by molar-refractivity contribution is 6.17. The fourth-order valence-electron chi connectivity index (χ4n) is 1.69. The number of ether oxygens (including phenoxy) is 1. The molecule has 0 bridgehead atoms. The Bertz CT molecular complexity index is 557. The van der Waals surface area contributed by atoms with Crippen LogP contribution in [0.4, 0.5) is 11.6 Å². The van der Waals surface area contributed by atoms with Gasteiger partial charge in [-0.05, 0) is 31.2 Å². The molecule has 0 amide bonds. The molecule has 0 atom stereocenters. The van der Waals surface area contributed by atoms with Crippen molar-refractivity contribution in [2.75, 3.05) is 19.1 Å². The van der Waals surface area contributed by atoms with E-state index in [1.807, 2.05) is 43.1 Å². The second-order valence-corrected chi connectivity index (χ2v) is 4.44. The fourth-order valence-corrected chi connectivity index (χ4v) is 1.96. The first kappa shape index (κ1) is 13.6. The van der Waals surface area contributed by atoms with E-state index < -0.39 is 0 Å². The largest absolute Gasteiger partial charge is 0.497 e. The SMILES string of the molecule is COc1ccc(N(C)c2ncc(CCl)c(C)n2)cc1. The van der Waals surface area contributed by atoms with Gasteiger partial charge < -0.3 is 9.64 Å². The van der Waals surface area contributed by atoms with Gasteiger partial charge in [0.15, 0.2) is 0 Å². The van der Waals surface area contributed by atoms with Gasteiger partial charge in [0, 0.05) is 30.2 Å². The highest BCUT2D eigenvalue weighted by atomic mass is 35.5. The number of aromatic nitrogens is 2. The molecule has 2 rings (SSSR count). The molecule has 0 aliphatic heterocycles. The van der Waals surface area contributed by atoms with Crippen LogP contribution in [0.15, 0.2) is 30.5 Å². The highest BCUT2D eigenvalue weighted by Gasteiger charge is 2.09. The zero-order valence-corrected chi connectivity index (χ0v) is 12.0. The lowest BCUT2D eigenvalue weighted by Gasteiger charge is -2.18. The van der Waals surface area contributed by atoms with Crippen LogP contribution in [0.5, 0.6) is 5.75 Å². The monoisotopic (exact) mass is 277 g/mol. The average Bonchev–Trinajstić information content (AvgIpc) is 2.46. The molecule has 0 N–H and O–H groups in total. The molecule has 1 heterocycles. The third-order valence-electron chi connectivity index (χ3n) is 2.97. The summed E-state index contributed by atoms with van der Waals surface area (Å²) in [6, 6.07) is 7.75. The zero-order valence-electron chi connectivity index (χ0n) is 11.2. The lowest BCUT2D eigenvalue weighted by molar-refractivity contribution is 0.415. The van der Waals surface area contributed by atoms with Gasteiger partial charge in [0.2, 0.25) is 5.95 Å². The van der Waals surface area contributed by atoms with Crippen LogP contribution in [0.1, 0.15) is 11.3 Å². The van der Waals surface area contributed by atoms with Gasteiger partial charge in [-0.1, -0.05) is 0 Å². The summed E-state index contributed by atoms with van der Waals surface area (Å²) in [5.41, 5.74) is 2.85. The molecule has 1 aromatic carbocycles. The van der Waals surface area contributed by atoms with Crippen molar-refractivity contribution in [3.63, 3.8) is 0 Å². The Morgan fingerprint density at radius 2 is 1.95 bits per heavy atom. The first-order chi connectivity index (χ1) is 9.15. The molecule has 0 saturated carbocycles. The summed E-state index contributed by atoms with van der Waals surface area (Å²) in [5.74, 6) is 1.90. The van der Waals surface area contributed by atoms with Crippen molar-refractivity contribution in [2.24, 2.45) is 0 Å². The van der Waals surface area contributed by atoms with Gasteiger partial charge in [-0.2, -0.15) is 0 Å². The van der Waals surface area contributed by atoms with Crippen LogP contribution in [0.2, 0.25) is 0 Å². The first-order valence-corrected chi connectivity index (χ1v) is 6.45. The summed E-state index contributed by atoms with van der Waals surface area (Å²) in [6.07, 6.45) is 1.77. The summed E-state index contributed by atoms with van der Waals surface area (Å²) in [6.45, 7) is 1.94. The van der Waals surface area contributed by atoms with Crippen molar-refractivity contribution in [3.05, 3.63) is 41.7 Å². The van der Waals surface area contributed by atoms with Crippen LogP contribution in [-0.4, -0.2) is 24.1 Å². The molecule has 0 unspecified atom stereocenters. The lowest BCUT2D eigenvalue weighted by Crippen LogP contribution is -2.14. The van der Waals surface area contributed by atoms with E-state index in [0.29, 0.717) is 11.8 Å². The molecule has 100 valence electrons. The number of hydrogen-bond donors (Lipinski definition) is 0. The van der Waals surface area contributed by atoms with E-state index in [4.69, 9.17) is 16.3 Å². The van der Waals surface area contributed by atoms with E-state index in [1.54, 1.807) is 13.3 Å². The number of aryl methyl sites for hydroxylation is 1. The van der Waals surface area contributed by atoms with Crippen molar-refractivity contribution in [1.29, 1.82) is 0 Å². The number of benzene rings is 1. The maximum absolute atomic E-state index is 5.81. The second kappa shape index (κ2) is 5.89. The molecule has 0 spiro atoms. The van der Waals surface area contributed by atoms with E-state index in [0.717, 1.165) is 22.7 Å². The van der Waals surface area contributed by atoms with Gasteiger partial charge in [-0.15, -0.1) is 11.6 Å². The summed E-state index contributed by atoms with van der Waals surface area (Å²) < 4.78 is 5.14. The maximum Gasteiger partial charge on any atom is 0.229 e. The number of methoxy groups -OCH3 is 1. The number of hydrogen-bond acceptors (Lipinski definition) is 4. The zero-order chi connectivity index (χ0) is 13.8. The third-order valence-corrected chi connectivity index (χ3v) is 3.26. The van der Waals surface area contributed by atoms with Crippen molar-refractivity contribution in [3.8, 4) is 5.75 Å². The Labute approximate surface area is 118 Å². The molecule has 2 aromatic rings. The minimum absolute atomic E-state index is 0.429. The maximum atomic E-state index is 5.81. The predicted molar refractivity (Wildman–Crippen MR) is 77.4 cm³/mol. The van der Waals surface area contributed by atoms with Crippen LogP contribution in [-0.2, 0) is 5.88 Å². The van der Waals surface area contributed by atoms with Gasteiger partial charge in [-0.3, -0.25) is 0 Å². The van der Waals surface area contributed by atoms with Gasteiger partial charge in [0.1, 0.15) is 5.75 Å². The number of halogens is 1. The van der Waals surface area contributed by atoms with Crippen LogP contribution in [0, 0.1) is 6.92 Å². The molecule has 0 saturated heterocycles. The van der Waals surface area contributed by atoms with E-state index in [1.165, 1.54) is 0 Å². The molecule has 0 aliphatic carbocycles. The van der Waals surface area contributed by atoms with Crippen molar-refractivity contribution in [1.82, 2.24) is 9.97 Å². The van der Waals surface area contributed by atoms with Crippen molar-refractivity contribution >= 4 is 23.2 Å². The van der Waals surface area contributed by atoms with Crippen LogP contribution in [0.3, 0.4) is 0 Å². The molecule has 4 nitrogen and oxygen atoms in total. The van der Waals surface area contributed by atoms with E-state index in [-0.39, 0.29) is 0 Å².